The molecule has 2 rings (SSSR count). The molecule has 2 atom stereocenters. The van der Waals surface area contributed by atoms with Gasteiger partial charge in [-0.05, 0) is 24.6 Å². The van der Waals surface area contributed by atoms with E-state index in [1.54, 1.807) is 0 Å². The summed E-state index contributed by atoms with van der Waals surface area (Å²) in [5, 5.41) is 0. The van der Waals surface area contributed by atoms with Gasteiger partial charge in [-0.15, -0.1) is 0 Å². The number of hydrogen-bond donors (Lipinski definition) is 0. The highest BCUT2D eigenvalue weighted by Gasteiger charge is 2.59. The van der Waals surface area contributed by atoms with Crippen LogP contribution in [0.15, 0.2) is 24.3 Å². The average Bonchev–Trinajstić information content (AvgIpc) is 3.02. The number of esters is 1. The Kier molecular flexibility index (Phi) is 2.83. The minimum atomic E-state index is -0.530. The fourth-order valence-corrected chi connectivity index (χ4v) is 1.90. The highest BCUT2D eigenvalue weighted by atomic mass is 16.6. The number of methoxy groups -OCH3 is 1. The van der Waals surface area contributed by atoms with Gasteiger partial charge in [0.05, 0.1) is 7.11 Å². The SMILES string of the molecule is COC(=O)C1OC1(C)c1ccc(N(C)C)cc1. The maximum Gasteiger partial charge on any atom is 0.338 e. The van der Waals surface area contributed by atoms with Crippen LogP contribution in [0.1, 0.15) is 12.5 Å². The predicted molar refractivity (Wildman–Crippen MR) is 65.0 cm³/mol. The summed E-state index contributed by atoms with van der Waals surface area (Å²) >= 11 is 0. The van der Waals surface area contributed by atoms with Gasteiger partial charge in [0.25, 0.3) is 0 Å². The molecule has 0 bridgehead atoms. The number of hydrogen-bond acceptors (Lipinski definition) is 4. The first-order valence-corrected chi connectivity index (χ1v) is 5.52. The summed E-state index contributed by atoms with van der Waals surface area (Å²) < 4.78 is 10.1. The van der Waals surface area contributed by atoms with Crippen LogP contribution in [0.2, 0.25) is 0 Å². The molecule has 2 unspecified atom stereocenters. The molecule has 1 aliphatic rings. The van der Waals surface area contributed by atoms with Gasteiger partial charge in [-0.1, -0.05) is 12.1 Å². The zero-order valence-corrected chi connectivity index (χ0v) is 10.6. The van der Waals surface area contributed by atoms with Crippen molar-refractivity contribution < 1.29 is 14.3 Å². The van der Waals surface area contributed by atoms with E-state index in [2.05, 4.69) is 4.74 Å². The van der Waals surface area contributed by atoms with Crippen molar-refractivity contribution in [3.63, 3.8) is 0 Å². The molecule has 17 heavy (non-hydrogen) atoms. The van der Waals surface area contributed by atoms with Gasteiger partial charge in [-0.25, -0.2) is 4.79 Å². The molecule has 4 heteroatoms. The zero-order valence-electron chi connectivity index (χ0n) is 10.6. The first-order chi connectivity index (χ1) is 7.99. The third-order valence-corrected chi connectivity index (χ3v) is 3.18. The number of carbonyl (C=O) groups excluding carboxylic acids is 1. The van der Waals surface area contributed by atoms with E-state index in [0.717, 1.165) is 11.3 Å². The van der Waals surface area contributed by atoms with Crippen LogP contribution in [0.25, 0.3) is 0 Å². The van der Waals surface area contributed by atoms with Gasteiger partial charge < -0.3 is 14.4 Å². The Hall–Kier alpha value is -1.55. The molecule has 4 nitrogen and oxygen atoms in total. The number of benzene rings is 1. The molecule has 0 saturated carbocycles. The first kappa shape index (κ1) is 11.9. The van der Waals surface area contributed by atoms with Gasteiger partial charge in [-0.2, -0.15) is 0 Å². The van der Waals surface area contributed by atoms with Gasteiger partial charge in [-0.3, -0.25) is 0 Å². The Labute approximate surface area is 101 Å². The Bertz CT molecular complexity index is 427. The molecule has 1 fully saturated rings. The lowest BCUT2D eigenvalue weighted by Crippen LogP contribution is -2.17. The summed E-state index contributed by atoms with van der Waals surface area (Å²) in [6.45, 7) is 1.90. The van der Waals surface area contributed by atoms with Crippen LogP contribution in [0.3, 0.4) is 0 Å². The van der Waals surface area contributed by atoms with Crippen molar-refractivity contribution in [1.82, 2.24) is 0 Å². The lowest BCUT2D eigenvalue weighted by Gasteiger charge is -2.14. The fraction of sp³-hybridized carbons (Fsp3) is 0.462. The molecule has 0 radical (unpaired) electrons. The molecule has 0 amide bonds. The van der Waals surface area contributed by atoms with Crippen LogP contribution < -0.4 is 4.90 Å². The van der Waals surface area contributed by atoms with Crippen LogP contribution in [0.5, 0.6) is 0 Å². The Morgan fingerprint density at radius 1 is 1.35 bits per heavy atom. The quantitative estimate of drug-likeness (QED) is 0.588. The second-order valence-corrected chi connectivity index (χ2v) is 4.57. The van der Waals surface area contributed by atoms with Crippen molar-refractivity contribution in [1.29, 1.82) is 0 Å². The topological polar surface area (TPSA) is 42.1 Å². The maximum absolute atomic E-state index is 11.4. The average molecular weight is 235 g/mol. The summed E-state index contributed by atoms with van der Waals surface area (Å²) in [5.41, 5.74) is 1.59. The summed E-state index contributed by atoms with van der Waals surface area (Å²) in [6, 6.07) is 7.99. The first-order valence-electron chi connectivity index (χ1n) is 5.52. The van der Waals surface area contributed by atoms with E-state index in [9.17, 15) is 4.79 Å². The highest BCUT2D eigenvalue weighted by molar-refractivity contribution is 5.79. The summed E-state index contributed by atoms with van der Waals surface area (Å²) in [4.78, 5) is 13.4. The van der Waals surface area contributed by atoms with Crippen LogP contribution in [0, 0.1) is 0 Å². The van der Waals surface area contributed by atoms with E-state index in [1.807, 2.05) is 50.2 Å². The standard InChI is InChI=1S/C13H17NO3/c1-13(11(17-13)12(15)16-4)9-5-7-10(8-6-9)14(2)3/h5-8,11H,1-4H3. The van der Waals surface area contributed by atoms with Crippen molar-refractivity contribution in [2.75, 3.05) is 26.1 Å². The largest absolute Gasteiger partial charge is 0.467 e. The predicted octanol–water partition coefficient (Wildman–Crippen LogP) is 1.54. The van der Waals surface area contributed by atoms with Crippen LogP contribution in [0.4, 0.5) is 5.69 Å². The molecule has 0 N–H and O–H groups in total. The van der Waals surface area contributed by atoms with E-state index in [4.69, 9.17) is 4.74 Å². The van der Waals surface area contributed by atoms with Gasteiger partial charge in [0, 0.05) is 19.8 Å². The molecule has 0 spiro atoms. The van der Waals surface area contributed by atoms with Gasteiger partial charge in [0.1, 0.15) is 5.60 Å². The lowest BCUT2D eigenvalue weighted by atomic mass is 9.97. The normalized spacial score (nSPS) is 26.5. The molecule has 0 aliphatic carbocycles. The summed E-state index contributed by atoms with van der Waals surface area (Å²) in [5.74, 6) is -0.316. The fourth-order valence-electron chi connectivity index (χ4n) is 1.90. The van der Waals surface area contributed by atoms with Crippen molar-refractivity contribution in [2.24, 2.45) is 0 Å². The zero-order chi connectivity index (χ0) is 12.6. The van der Waals surface area contributed by atoms with Crippen LogP contribution in [-0.2, 0) is 19.9 Å². The van der Waals surface area contributed by atoms with E-state index in [1.165, 1.54) is 7.11 Å². The third kappa shape index (κ3) is 2.00. The maximum atomic E-state index is 11.4. The summed E-state index contributed by atoms with van der Waals surface area (Å²) in [7, 11) is 5.35. The van der Waals surface area contributed by atoms with Gasteiger partial charge >= 0.3 is 5.97 Å². The molecule has 1 aromatic rings. The van der Waals surface area contributed by atoms with Gasteiger partial charge in [0.2, 0.25) is 0 Å². The van der Waals surface area contributed by atoms with Crippen molar-refractivity contribution in [2.45, 2.75) is 18.6 Å². The number of ether oxygens (including phenoxy) is 2. The molecule has 92 valence electrons. The van der Waals surface area contributed by atoms with Crippen LogP contribution in [-0.4, -0.2) is 33.3 Å². The Balaban J connectivity index is 2.17. The van der Waals surface area contributed by atoms with Crippen LogP contribution >= 0.6 is 0 Å². The number of epoxide rings is 1. The minimum Gasteiger partial charge on any atom is -0.467 e. The number of anilines is 1. The lowest BCUT2D eigenvalue weighted by molar-refractivity contribution is -0.142. The smallest absolute Gasteiger partial charge is 0.338 e. The van der Waals surface area contributed by atoms with E-state index < -0.39 is 11.7 Å². The second-order valence-electron chi connectivity index (χ2n) is 4.57. The Morgan fingerprint density at radius 2 is 1.94 bits per heavy atom. The van der Waals surface area contributed by atoms with Crippen molar-refractivity contribution >= 4 is 11.7 Å². The third-order valence-electron chi connectivity index (χ3n) is 3.18. The number of carbonyl (C=O) groups is 1. The molecule has 1 aromatic carbocycles. The van der Waals surface area contributed by atoms with Gasteiger partial charge in [0.15, 0.2) is 6.10 Å². The molecular weight excluding hydrogens is 218 g/mol. The molecule has 1 aliphatic heterocycles. The van der Waals surface area contributed by atoms with Crippen molar-refractivity contribution in [3.8, 4) is 0 Å². The number of rotatable bonds is 3. The van der Waals surface area contributed by atoms with E-state index in [-0.39, 0.29) is 5.97 Å². The molecular formula is C13H17NO3. The molecule has 0 aromatic heterocycles. The monoisotopic (exact) mass is 235 g/mol. The second kappa shape index (κ2) is 4.04. The highest BCUT2D eigenvalue weighted by Crippen LogP contribution is 2.46. The van der Waals surface area contributed by atoms with Crippen molar-refractivity contribution in [3.05, 3.63) is 29.8 Å². The Morgan fingerprint density at radius 3 is 2.41 bits per heavy atom. The van der Waals surface area contributed by atoms with E-state index in [0.29, 0.717) is 0 Å². The van der Waals surface area contributed by atoms with E-state index >= 15 is 0 Å². The minimum absolute atomic E-state index is 0.316. The molecule has 1 saturated heterocycles. The summed E-state index contributed by atoms with van der Waals surface area (Å²) in [6.07, 6.45) is -0.474. The number of nitrogens with zero attached hydrogens (tertiary/aromatic N) is 1. The molecule has 1 heterocycles.